The largest absolute Gasteiger partial charge is 0.494 e. The van der Waals surface area contributed by atoms with Gasteiger partial charge in [-0.05, 0) is 30.5 Å². The maximum absolute atomic E-state index is 11.9. The zero-order chi connectivity index (χ0) is 15.8. The molecular weight excluding hydrogens is 282 g/mol. The van der Waals surface area contributed by atoms with Crippen LogP contribution in [0.1, 0.15) is 31.7 Å². The van der Waals surface area contributed by atoms with Crippen molar-refractivity contribution in [2.45, 2.75) is 32.6 Å². The first-order valence-corrected chi connectivity index (χ1v) is 7.54. The van der Waals surface area contributed by atoms with Gasteiger partial charge in [0.15, 0.2) is 0 Å². The van der Waals surface area contributed by atoms with E-state index in [4.69, 9.17) is 4.74 Å². The van der Waals surface area contributed by atoms with E-state index in [1.165, 1.54) is 0 Å². The first-order valence-electron chi connectivity index (χ1n) is 7.54. The van der Waals surface area contributed by atoms with Gasteiger partial charge in [-0.2, -0.15) is 5.10 Å². The topological polar surface area (TPSA) is 79.8 Å². The summed E-state index contributed by atoms with van der Waals surface area (Å²) in [5.41, 5.74) is 3.82. The van der Waals surface area contributed by atoms with Crippen LogP contribution in [0.4, 0.5) is 0 Å². The van der Waals surface area contributed by atoms with Crippen LogP contribution in [0.25, 0.3) is 0 Å². The van der Waals surface area contributed by atoms with Crippen LogP contribution in [0.2, 0.25) is 0 Å². The molecule has 6 nitrogen and oxygen atoms in total. The smallest absolute Gasteiger partial charge is 0.267 e. The van der Waals surface area contributed by atoms with Crippen LogP contribution in [0.5, 0.6) is 5.75 Å². The highest BCUT2D eigenvalue weighted by molar-refractivity contribution is 6.39. The fourth-order valence-electron chi connectivity index (χ4n) is 2.03. The Morgan fingerprint density at radius 3 is 2.73 bits per heavy atom. The van der Waals surface area contributed by atoms with Crippen molar-refractivity contribution in [2.75, 3.05) is 13.2 Å². The Balaban J connectivity index is 1.74. The third-order valence-electron chi connectivity index (χ3n) is 3.26. The number of hydrogen-bond donors (Lipinski definition) is 2. The molecular formula is C16H21N3O3. The van der Waals surface area contributed by atoms with Crippen LogP contribution in [0.3, 0.4) is 0 Å². The Kier molecular flexibility index (Phi) is 5.94. The van der Waals surface area contributed by atoms with Crippen LogP contribution in [0, 0.1) is 0 Å². The van der Waals surface area contributed by atoms with E-state index in [1.54, 1.807) is 0 Å². The number of benzene rings is 1. The number of carbonyl (C=O) groups is 2. The van der Waals surface area contributed by atoms with E-state index >= 15 is 0 Å². The predicted molar refractivity (Wildman–Crippen MR) is 83.8 cm³/mol. The van der Waals surface area contributed by atoms with Crippen LogP contribution in [-0.4, -0.2) is 30.7 Å². The molecule has 0 atom stereocenters. The van der Waals surface area contributed by atoms with Crippen LogP contribution in [0.15, 0.2) is 29.4 Å². The number of hydrogen-bond acceptors (Lipinski definition) is 4. The fourth-order valence-corrected chi connectivity index (χ4v) is 2.03. The Hall–Kier alpha value is -2.37. The minimum Gasteiger partial charge on any atom is -0.494 e. The monoisotopic (exact) mass is 303 g/mol. The molecule has 6 heteroatoms. The molecule has 1 heterocycles. The van der Waals surface area contributed by atoms with Gasteiger partial charge in [0.25, 0.3) is 5.91 Å². The molecule has 0 radical (unpaired) electrons. The maximum Gasteiger partial charge on any atom is 0.267 e. The third-order valence-corrected chi connectivity index (χ3v) is 3.26. The number of nitrogens with zero attached hydrogens (tertiary/aromatic N) is 1. The summed E-state index contributed by atoms with van der Waals surface area (Å²) in [5.74, 6) is 0.492. The number of ether oxygens (including phenoxy) is 1. The average molecular weight is 303 g/mol. The highest BCUT2D eigenvalue weighted by Gasteiger charge is 2.17. The molecule has 0 bridgehead atoms. The van der Waals surface area contributed by atoms with Gasteiger partial charge in [0.2, 0.25) is 5.91 Å². The van der Waals surface area contributed by atoms with Crippen molar-refractivity contribution in [1.29, 1.82) is 0 Å². The molecule has 0 saturated carbocycles. The summed E-state index contributed by atoms with van der Waals surface area (Å²) in [6.45, 7) is 3.31. The van der Waals surface area contributed by atoms with Crippen molar-refractivity contribution in [3.63, 3.8) is 0 Å². The fraction of sp³-hybridized carbons (Fsp3) is 0.438. The number of rotatable bonds is 7. The lowest BCUT2D eigenvalue weighted by atomic mass is 10.1. The normalized spacial score (nSPS) is 14.0. The minimum atomic E-state index is -0.220. The van der Waals surface area contributed by atoms with Crippen molar-refractivity contribution >= 4 is 17.5 Å². The van der Waals surface area contributed by atoms with E-state index in [0.717, 1.165) is 24.2 Å². The Labute approximate surface area is 129 Å². The van der Waals surface area contributed by atoms with E-state index < -0.39 is 0 Å². The van der Waals surface area contributed by atoms with Gasteiger partial charge in [-0.15, -0.1) is 0 Å². The van der Waals surface area contributed by atoms with Crippen molar-refractivity contribution in [3.05, 3.63) is 29.8 Å². The van der Waals surface area contributed by atoms with E-state index in [2.05, 4.69) is 22.8 Å². The molecule has 1 aliphatic rings. The van der Waals surface area contributed by atoms with Gasteiger partial charge in [0, 0.05) is 19.4 Å². The van der Waals surface area contributed by atoms with Crippen LogP contribution < -0.4 is 15.5 Å². The van der Waals surface area contributed by atoms with E-state index in [0.29, 0.717) is 31.7 Å². The molecule has 118 valence electrons. The Bertz CT molecular complexity index is 552. The molecule has 2 amide bonds. The molecule has 0 aliphatic carbocycles. The highest BCUT2D eigenvalue weighted by atomic mass is 16.5. The van der Waals surface area contributed by atoms with Crippen molar-refractivity contribution in [3.8, 4) is 5.75 Å². The van der Waals surface area contributed by atoms with Gasteiger partial charge in [-0.25, -0.2) is 5.43 Å². The molecule has 0 saturated heterocycles. The summed E-state index contributed by atoms with van der Waals surface area (Å²) < 4.78 is 5.52. The first kappa shape index (κ1) is 16.0. The van der Waals surface area contributed by atoms with E-state index in [-0.39, 0.29) is 11.8 Å². The molecule has 0 spiro atoms. The zero-order valence-corrected chi connectivity index (χ0v) is 12.7. The second-order valence-electron chi connectivity index (χ2n) is 5.09. The van der Waals surface area contributed by atoms with Crippen molar-refractivity contribution < 1.29 is 14.3 Å². The second-order valence-corrected chi connectivity index (χ2v) is 5.09. The molecule has 1 aromatic carbocycles. The molecule has 1 aliphatic heterocycles. The average Bonchev–Trinajstić information content (AvgIpc) is 2.54. The lowest BCUT2D eigenvalue weighted by Gasteiger charge is -2.12. The number of nitrogens with one attached hydrogen (secondary N) is 2. The molecule has 2 N–H and O–H groups in total. The zero-order valence-electron chi connectivity index (χ0n) is 12.7. The van der Waals surface area contributed by atoms with Gasteiger partial charge in [-0.1, -0.05) is 19.1 Å². The Morgan fingerprint density at radius 2 is 2.09 bits per heavy atom. The SMILES string of the molecule is CCCOc1ccc(CCNC(=O)C2=NNC(=O)CC2)cc1. The highest BCUT2D eigenvalue weighted by Crippen LogP contribution is 2.12. The maximum atomic E-state index is 11.9. The number of carbonyl (C=O) groups excluding carboxylic acids is 2. The lowest BCUT2D eigenvalue weighted by molar-refractivity contribution is -0.121. The molecule has 0 unspecified atom stereocenters. The van der Waals surface area contributed by atoms with Crippen molar-refractivity contribution in [2.24, 2.45) is 5.10 Å². The van der Waals surface area contributed by atoms with Gasteiger partial charge >= 0.3 is 0 Å². The lowest BCUT2D eigenvalue weighted by Crippen LogP contribution is -2.37. The molecule has 1 aromatic rings. The summed E-state index contributed by atoms with van der Waals surface area (Å²) in [5, 5.41) is 6.58. The van der Waals surface area contributed by atoms with Gasteiger partial charge in [0.1, 0.15) is 11.5 Å². The van der Waals surface area contributed by atoms with Crippen LogP contribution >= 0.6 is 0 Å². The Morgan fingerprint density at radius 1 is 1.32 bits per heavy atom. The minimum absolute atomic E-state index is 0.151. The summed E-state index contributed by atoms with van der Waals surface area (Å²) in [4.78, 5) is 22.8. The third kappa shape index (κ3) is 4.87. The van der Waals surface area contributed by atoms with Gasteiger partial charge in [0.05, 0.1) is 6.61 Å². The number of amides is 2. The molecule has 2 rings (SSSR count). The van der Waals surface area contributed by atoms with Gasteiger partial charge < -0.3 is 10.1 Å². The second kappa shape index (κ2) is 8.17. The summed E-state index contributed by atoms with van der Waals surface area (Å²) in [6.07, 6.45) is 2.42. The van der Waals surface area contributed by atoms with E-state index in [1.807, 2.05) is 24.3 Å². The van der Waals surface area contributed by atoms with Crippen LogP contribution in [-0.2, 0) is 16.0 Å². The summed E-state index contributed by atoms with van der Waals surface area (Å²) in [7, 11) is 0. The number of hydrazone groups is 1. The summed E-state index contributed by atoms with van der Waals surface area (Å²) >= 11 is 0. The quantitative estimate of drug-likeness (QED) is 0.799. The standard InChI is InChI=1S/C16H21N3O3/c1-2-11-22-13-5-3-12(4-6-13)9-10-17-16(21)14-7-8-15(20)19-18-14/h3-6H,2,7-11H2,1H3,(H,17,21)(H,19,20). The van der Waals surface area contributed by atoms with Crippen molar-refractivity contribution in [1.82, 2.24) is 10.7 Å². The summed E-state index contributed by atoms with van der Waals surface area (Å²) in [6, 6.07) is 7.87. The first-order chi connectivity index (χ1) is 10.7. The molecule has 0 fully saturated rings. The molecule has 22 heavy (non-hydrogen) atoms. The van der Waals surface area contributed by atoms with E-state index in [9.17, 15) is 9.59 Å². The predicted octanol–water partition coefficient (Wildman–Crippen LogP) is 1.40. The molecule has 0 aromatic heterocycles. The van der Waals surface area contributed by atoms with Gasteiger partial charge in [-0.3, -0.25) is 9.59 Å².